The van der Waals surface area contributed by atoms with Crippen molar-refractivity contribution in [3.8, 4) is 5.75 Å². The molecule has 0 N–H and O–H groups in total. The van der Waals surface area contributed by atoms with Crippen molar-refractivity contribution in [3.63, 3.8) is 0 Å². The molecule has 2 saturated carbocycles. The number of ether oxygens (including phenoxy) is 2. The minimum Gasteiger partial charge on any atom is -0.497 e. The molecule has 7 heteroatoms. The van der Waals surface area contributed by atoms with Crippen LogP contribution in [0.3, 0.4) is 0 Å². The third kappa shape index (κ3) is 2.79. The lowest BCUT2D eigenvalue weighted by molar-refractivity contribution is -0.152. The normalized spacial score (nSPS) is 33.3. The van der Waals surface area contributed by atoms with Crippen molar-refractivity contribution in [2.24, 2.45) is 35.5 Å². The Kier molecular flexibility index (Phi) is 4.08. The van der Waals surface area contributed by atoms with Crippen LogP contribution in [0.1, 0.15) is 16.8 Å². The lowest BCUT2D eigenvalue weighted by atomic mass is 9.63. The van der Waals surface area contributed by atoms with Gasteiger partial charge in [-0.1, -0.05) is 12.2 Å². The van der Waals surface area contributed by atoms with Crippen LogP contribution < -0.4 is 4.74 Å². The average Bonchev–Trinajstić information content (AvgIpc) is 3.53. The zero-order valence-corrected chi connectivity index (χ0v) is 15.9. The Hall–Kier alpha value is -2.96. The number of methoxy groups -OCH3 is 1. The van der Waals surface area contributed by atoms with Gasteiger partial charge in [-0.2, -0.15) is 0 Å². The molecule has 3 fully saturated rings. The smallest absolute Gasteiger partial charge is 0.326 e. The molecule has 1 aromatic carbocycles. The molecule has 6 rings (SSSR count). The third-order valence-corrected chi connectivity index (χ3v) is 6.82. The number of benzene rings is 1. The fourth-order valence-electron chi connectivity index (χ4n) is 5.36. The van der Waals surface area contributed by atoms with E-state index in [1.54, 1.807) is 24.3 Å². The maximum Gasteiger partial charge on any atom is 0.326 e. The highest BCUT2D eigenvalue weighted by atomic mass is 16.5. The minimum absolute atomic E-state index is 0.115. The van der Waals surface area contributed by atoms with Crippen LogP contribution in [0.15, 0.2) is 36.4 Å². The van der Waals surface area contributed by atoms with Gasteiger partial charge in [-0.25, -0.2) is 0 Å². The fraction of sp³-hybridized carbons (Fsp3) is 0.455. The summed E-state index contributed by atoms with van der Waals surface area (Å²) in [5, 5.41) is 0. The summed E-state index contributed by atoms with van der Waals surface area (Å²) in [6.45, 7) is -0.874. The minimum atomic E-state index is -0.752. The van der Waals surface area contributed by atoms with Gasteiger partial charge in [0.05, 0.1) is 18.9 Å². The summed E-state index contributed by atoms with van der Waals surface area (Å²) in [7, 11) is 1.53. The summed E-state index contributed by atoms with van der Waals surface area (Å²) < 4.78 is 10.1. The highest BCUT2D eigenvalue weighted by Crippen LogP contribution is 2.65. The monoisotopic (exact) mass is 395 g/mol. The number of carbonyl (C=O) groups is 4. The lowest BCUT2D eigenvalue weighted by Crippen LogP contribution is -2.40. The van der Waals surface area contributed by atoms with Gasteiger partial charge in [0, 0.05) is 5.56 Å². The predicted octanol–water partition coefficient (Wildman–Crippen LogP) is 1.47. The van der Waals surface area contributed by atoms with Gasteiger partial charge in [0.1, 0.15) is 12.3 Å². The number of hydrogen-bond donors (Lipinski definition) is 0. The molecule has 1 heterocycles. The first-order chi connectivity index (χ1) is 14.0. The van der Waals surface area contributed by atoms with Crippen molar-refractivity contribution < 1.29 is 28.7 Å². The van der Waals surface area contributed by atoms with Crippen LogP contribution >= 0.6 is 0 Å². The number of likely N-dealkylation sites (tertiary alicyclic amines) is 1. The first kappa shape index (κ1) is 18.1. The molecule has 0 aromatic heterocycles. The van der Waals surface area contributed by atoms with Crippen LogP contribution in [-0.2, 0) is 19.1 Å². The summed E-state index contributed by atoms with van der Waals surface area (Å²) >= 11 is 0. The van der Waals surface area contributed by atoms with Gasteiger partial charge in [-0.3, -0.25) is 24.1 Å². The largest absolute Gasteiger partial charge is 0.497 e. The fourth-order valence-corrected chi connectivity index (χ4v) is 5.36. The average molecular weight is 395 g/mol. The van der Waals surface area contributed by atoms with Crippen LogP contribution in [0.4, 0.5) is 0 Å². The Bertz CT molecular complexity index is 899. The van der Waals surface area contributed by atoms with E-state index in [0.29, 0.717) is 23.1 Å². The second-order valence-corrected chi connectivity index (χ2v) is 8.23. The van der Waals surface area contributed by atoms with Gasteiger partial charge in [-0.05, 0) is 54.4 Å². The Morgan fingerprint density at radius 2 is 1.59 bits per heavy atom. The van der Waals surface area contributed by atoms with Crippen molar-refractivity contribution in [2.45, 2.75) is 6.42 Å². The second-order valence-electron chi connectivity index (χ2n) is 8.23. The first-order valence-corrected chi connectivity index (χ1v) is 9.86. The zero-order chi connectivity index (χ0) is 20.3. The van der Waals surface area contributed by atoms with Crippen molar-refractivity contribution in [1.29, 1.82) is 0 Å². The molecule has 1 aliphatic heterocycles. The summed E-state index contributed by atoms with van der Waals surface area (Å²) in [6, 6.07) is 6.46. The molecule has 0 spiro atoms. The molecule has 6 atom stereocenters. The van der Waals surface area contributed by atoms with Crippen molar-refractivity contribution in [1.82, 2.24) is 4.90 Å². The molecule has 2 bridgehead atoms. The highest BCUT2D eigenvalue weighted by molar-refractivity contribution is 6.08. The molecule has 29 heavy (non-hydrogen) atoms. The van der Waals surface area contributed by atoms with Crippen molar-refractivity contribution >= 4 is 23.6 Å². The topological polar surface area (TPSA) is 90.0 Å². The van der Waals surface area contributed by atoms with Crippen LogP contribution in [0.5, 0.6) is 5.75 Å². The molecular weight excluding hydrogens is 374 g/mol. The van der Waals surface area contributed by atoms with Crippen LogP contribution in [0.2, 0.25) is 0 Å². The Balaban J connectivity index is 1.20. The predicted molar refractivity (Wildman–Crippen MR) is 99.7 cm³/mol. The first-order valence-electron chi connectivity index (χ1n) is 9.86. The van der Waals surface area contributed by atoms with Gasteiger partial charge in [-0.15, -0.1) is 0 Å². The van der Waals surface area contributed by atoms with Crippen LogP contribution in [0, 0.1) is 35.5 Å². The van der Waals surface area contributed by atoms with Crippen LogP contribution in [-0.4, -0.2) is 48.7 Å². The molecule has 0 radical (unpaired) electrons. The Morgan fingerprint density at radius 3 is 2.14 bits per heavy atom. The zero-order valence-electron chi connectivity index (χ0n) is 15.9. The van der Waals surface area contributed by atoms with Gasteiger partial charge in [0.2, 0.25) is 11.8 Å². The summed E-state index contributed by atoms with van der Waals surface area (Å²) in [6.07, 6.45) is 5.26. The molecule has 150 valence electrons. The Labute approximate surface area is 167 Å². The van der Waals surface area contributed by atoms with Crippen molar-refractivity contribution in [3.05, 3.63) is 42.0 Å². The Morgan fingerprint density at radius 1 is 1.00 bits per heavy atom. The van der Waals surface area contributed by atoms with E-state index < -0.39 is 19.1 Å². The van der Waals surface area contributed by atoms with Gasteiger partial charge in [0.15, 0.2) is 12.4 Å². The number of Topliss-reactive ketones (excluding diaryl/α,β-unsaturated/α-hetero) is 1. The number of amides is 2. The maximum atomic E-state index is 12.8. The van der Waals surface area contributed by atoms with E-state index in [9.17, 15) is 19.2 Å². The van der Waals surface area contributed by atoms with E-state index in [0.717, 1.165) is 11.3 Å². The van der Waals surface area contributed by atoms with Crippen LogP contribution in [0.25, 0.3) is 0 Å². The van der Waals surface area contributed by atoms with Gasteiger partial charge < -0.3 is 9.47 Å². The third-order valence-electron chi connectivity index (χ3n) is 6.82. The van der Waals surface area contributed by atoms with Crippen molar-refractivity contribution in [2.75, 3.05) is 20.3 Å². The quantitative estimate of drug-likeness (QED) is 0.314. The number of ketones is 1. The van der Waals surface area contributed by atoms with E-state index in [-0.39, 0.29) is 41.3 Å². The van der Waals surface area contributed by atoms with E-state index in [1.807, 2.05) is 0 Å². The number of rotatable bonds is 6. The number of allylic oxidation sites excluding steroid dienone is 2. The van der Waals surface area contributed by atoms with E-state index in [4.69, 9.17) is 9.47 Å². The number of imide groups is 1. The van der Waals surface area contributed by atoms with E-state index >= 15 is 0 Å². The van der Waals surface area contributed by atoms with E-state index in [1.165, 1.54) is 7.11 Å². The standard InChI is InChI=1S/C22H21NO6/c1-28-12-4-2-11(3-5-12)17(24)10-29-18(25)9-23-21(26)19-13-6-7-14(16-8-15(13)16)20(19)22(23)27/h2-7,13-16,19-20H,8-10H2,1H3/t13-,14+,15-,16-,19+,20-/m1/s1. The molecule has 7 nitrogen and oxygen atoms in total. The molecular formula is C22H21NO6. The number of nitrogens with zero attached hydrogens (tertiary/aromatic N) is 1. The molecule has 0 unspecified atom stereocenters. The molecule has 4 aliphatic carbocycles. The van der Waals surface area contributed by atoms with Gasteiger partial charge in [0.25, 0.3) is 0 Å². The summed E-state index contributed by atoms with van der Waals surface area (Å²) in [4.78, 5) is 51.1. The second kappa shape index (κ2) is 6.54. The molecule has 2 amide bonds. The lowest BCUT2D eigenvalue weighted by Gasteiger charge is -2.37. The van der Waals surface area contributed by atoms with Gasteiger partial charge >= 0.3 is 5.97 Å². The molecule has 1 saturated heterocycles. The maximum absolute atomic E-state index is 12.8. The SMILES string of the molecule is COc1ccc(C(=O)COC(=O)CN2C(=O)[C@@H]3[C@H]4C=C[C@H]([C@H]5C[C@H]45)[C@@H]3C2=O)cc1. The molecule has 1 aromatic rings. The summed E-state index contributed by atoms with van der Waals surface area (Å²) in [5.74, 6) is -0.473. The highest BCUT2D eigenvalue weighted by Gasteiger charge is 2.67. The molecule has 5 aliphatic rings. The number of carbonyl (C=O) groups excluding carboxylic acids is 4. The summed E-state index contributed by atoms with van der Waals surface area (Å²) in [5.41, 5.74) is 0.389. The van der Waals surface area contributed by atoms with E-state index in [2.05, 4.69) is 12.2 Å². The number of hydrogen-bond acceptors (Lipinski definition) is 6. The number of esters is 1.